The first-order valence-electron chi connectivity index (χ1n) is 35.0. The van der Waals surface area contributed by atoms with Gasteiger partial charge in [0.25, 0.3) is 6.71 Å². The number of anilines is 6. The maximum atomic E-state index is 5.96. The van der Waals surface area contributed by atoms with E-state index in [2.05, 4.69) is 312 Å². The average Bonchev–Trinajstić information content (AvgIpc) is 0.695. The zero-order chi connectivity index (χ0) is 64.4. The summed E-state index contributed by atoms with van der Waals surface area (Å²) in [7, 11) is 0. The third-order valence-electron chi connectivity index (χ3n) is 21.1. The van der Waals surface area contributed by atoms with Gasteiger partial charge in [-0.25, -0.2) is 9.97 Å². The van der Waals surface area contributed by atoms with E-state index < -0.39 is 0 Å². The smallest absolute Gasteiger partial charge is 0.252 e. The van der Waals surface area contributed by atoms with E-state index in [-0.39, 0.29) is 17.5 Å². The van der Waals surface area contributed by atoms with Crippen LogP contribution in [0.15, 0.2) is 261 Å². The van der Waals surface area contributed by atoms with Crippen molar-refractivity contribution in [3.63, 3.8) is 0 Å². The van der Waals surface area contributed by atoms with Gasteiger partial charge >= 0.3 is 0 Å². The summed E-state index contributed by atoms with van der Waals surface area (Å²) >= 11 is 0. The van der Waals surface area contributed by atoms with Crippen LogP contribution in [0.2, 0.25) is 0 Å². The van der Waals surface area contributed by atoms with Crippen molar-refractivity contribution in [2.24, 2.45) is 0 Å². The molecule has 2 aliphatic carbocycles. The van der Waals surface area contributed by atoms with Gasteiger partial charge in [0.05, 0.1) is 11.4 Å². The molecule has 0 amide bonds. The molecule has 2 saturated carbocycles. The van der Waals surface area contributed by atoms with Crippen molar-refractivity contribution < 1.29 is 0 Å². The molecule has 0 atom stereocenters. The second-order valence-electron chi connectivity index (χ2n) is 29.5. The van der Waals surface area contributed by atoms with Crippen molar-refractivity contribution in [2.45, 2.75) is 128 Å². The topological polar surface area (TPSA) is 32.3 Å². The average molecular weight is 1230 g/mol. The lowest BCUT2D eigenvalue weighted by atomic mass is 9.33. The molecule has 466 valence electrons. The van der Waals surface area contributed by atoms with Gasteiger partial charge in [-0.2, -0.15) is 0 Å². The summed E-state index contributed by atoms with van der Waals surface area (Å²) in [6.45, 7) is 13.9. The lowest BCUT2D eigenvalue weighted by Gasteiger charge is -2.45. The number of hydrogen-bond acceptors (Lipinski definition) is 4. The summed E-state index contributed by atoms with van der Waals surface area (Å²) < 4.78 is 0. The second-order valence-corrected chi connectivity index (χ2v) is 29.5. The zero-order valence-electron chi connectivity index (χ0n) is 55.9. The Morgan fingerprint density at radius 2 is 0.642 bits per heavy atom. The number of fused-ring (bicyclic) bond motifs is 4. The summed E-state index contributed by atoms with van der Waals surface area (Å²) in [5.41, 5.74) is 30.4. The molecule has 2 aliphatic heterocycles. The third kappa shape index (κ3) is 11.7. The van der Waals surface area contributed by atoms with E-state index in [1.807, 2.05) is 0 Å². The molecule has 16 rings (SSSR count). The van der Waals surface area contributed by atoms with Gasteiger partial charge in [0, 0.05) is 50.8 Å². The monoisotopic (exact) mass is 1230 g/mol. The highest BCUT2D eigenvalue weighted by atomic mass is 15.2. The fourth-order valence-electron chi connectivity index (χ4n) is 15.9. The van der Waals surface area contributed by atoms with Crippen LogP contribution in [-0.2, 0) is 10.8 Å². The van der Waals surface area contributed by atoms with E-state index in [0.29, 0.717) is 17.7 Å². The van der Waals surface area contributed by atoms with Crippen LogP contribution >= 0.6 is 0 Å². The SMILES string of the molecule is CC(C)(C)c1ccc(N2c3cc(C4CCCCC4)ccc3B3c4ccc(C5CCCCC5)cc4N(c4ccc(C(C)(C)C)cc4)c4cc(-c5nc(-c6cc(-c7ccccc7)cc(-c7ccccc7)c6)cc(-c6cc(-c7ccccc7)cc(-c7ccccc7)c6)n5)cc2c43)cc1. The largest absolute Gasteiger partial charge is 0.311 e. The Labute approximate surface area is 563 Å². The summed E-state index contributed by atoms with van der Waals surface area (Å²) in [5, 5.41) is 0. The van der Waals surface area contributed by atoms with Crippen LogP contribution in [0.5, 0.6) is 0 Å². The van der Waals surface area contributed by atoms with Gasteiger partial charge in [-0.1, -0.05) is 250 Å². The van der Waals surface area contributed by atoms with Gasteiger partial charge in [0.1, 0.15) is 0 Å². The highest BCUT2D eigenvalue weighted by Crippen LogP contribution is 2.49. The fourth-order valence-corrected chi connectivity index (χ4v) is 15.9. The van der Waals surface area contributed by atoms with E-state index in [1.165, 1.54) is 114 Å². The molecular formula is C90H83BN4. The first-order valence-corrected chi connectivity index (χ1v) is 35.0. The standard InChI is InChI=1S/C90H83BN4/c1-89(2,3)75-39-43-77(44-40-75)94-83-55-66(60-25-13-7-14-26-60)37-47-79(83)91-80-48-38-67(61-27-15-8-16-28-61)56-84(80)95(78-45-41-76(42-46-78)90(4,5)6)86-58-74(57-85(94)87(86)91)88-92-81(72-51-68(62-29-17-9-18-30-62)49-69(52-72)63-31-19-10-20-32-63)59-82(93-88)73-53-70(64-33-21-11-22-34-64)50-71(54-73)65-35-23-12-24-36-65/h9-12,17-24,29-61H,7-8,13-16,25-28H2,1-6H3. The minimum absolute atomic E-state index is 0.0229. The number of rotatable bonds is 11. The number of nitrogens with zero attached hydrogens (tertiary/aromatic N) is 4. The first-order chi connectivity index (χ1) is 46.3. The van der Waals surface area contributed by atoms with Crippen LogP contribution in [0.4, 0.5) is 34.1 Å². The zero-order valence-corrected chi connectivity index (χ0v) is 55.9. The molecule has 0 radical (unpaired) electrons. The van der Waals surface area contributed by atoms with Gasteiger partial charge in [-0.05, 0) is 222 Å². The Morgan fingerprint density at radius 3 is 0.979 bits per heavy atom. The molecule has 3 heterocycles. The van der Waals surface area contributed by atoms with Crippen LogP contribution < -0.4 is 26.2 Å². The Morgan fingerprint density at radius 1 is 0.305 bits per heavy atom. The summed E-state index contributed by atoms with van der Waals surface area (Å²) in [5.74, 6) is 1.71. The molecule has 2 fully saturated rings. The molecular weight excluding hydrogens is 1150 g/mol. The van der Waals surface area contributed by atoms with Gasteiger partial charge in [-0.15, -0.1) is 0 Å². The normalized spacial score (nSPS) is 14.9. The third-order valence-corrected chi connectivity index (χ3v) is 21.1. The summed E-state index contributed by atoms with van der Waals surface area (Å²) in [6, 6.07) is 98.7. The second kappa shape index (κ2) is 24.8. The molecule has 4 nitrogen and oxygen atoms in total. The molecule has 11 aromatic carbocycles. The fraction of sp³-hybridized carbons (Fsp3) is 0.222. The van der Waals surface area contributed by atoms with Crippen molar-refractivity contribution in [1.82, 2.24) is 9.97 Å². The van der Waals surface area contributed by atoms with Crippen LogP contribution in [0.25, 0.3) is 78.4 Å². The van der Waals surface area contributed by atoms with Crippen molar-refractivity contribution in [2.75, 3.05) is 9.80 Å². The van der Waals surface area contributed by atoms with E-state index in [4.69, 9.17) is 9.97 Å². The van der Waals surface area contributed by atoms with Crippen molar-refractivity contribution in [3.05, 3.63) is 283 Å². The molecule has 5 heteroatoms. The van der Waals surface area contributed by atoms with Gasteiger partial charge in [-0.3, -0.25) is 0 Å². The number of benzene rings is 11. The lowest BCUT2D eigenvalue weighted by Crippen LogP contribution is -2.61. The lowest BCUT2D eigenvalue weighted by molar-refractivity contribution is 0.444. The summed E-state index contributed by atoms with van der Waals surface area (Å²) in [6.07, 6.45) is 12.6. The quantitative estimate of drug-likeness (QED) is 0.121. The van der Waals surface area contributed by atoms with Crippen LogP contribution in [0, 0.1) is 0 Å². The van der Waals surface area contributed by atoms with E-state index in [1.54, 1.807) is 0 Å². The molecule has 0 N–H and O–H groups in total. The summed E-state index contributed by atoms with van der Waals surface area (Å²) in [4.78, 5) is 17.2. The Bertz CT molecular complexity index is 4370. The minimum atomic E-state index is -0.0489. The minimum Gasteiger partial charge on any atom is -0.311 e. The van der Waals surface area contributed by atoms with E-state index >= 15 is 0 Å². The van der Waals surface area contributed by atoms with Gasteiger partial charge in [0.2, 0.25) is 0 Å². The molecule has 0 bridgehead atoms. The van der Waals surface area contributed by atoms with E-state index in [9.17, 15) is 0 Å². The Balaban J connectivity index is 1.01. The predicted molar refractivity (Wildman–Crippen MR) is 403 cm³/mol. The molecule has 0 saturated heterocycles. The van der Waals surface area contributed by atoms with Crippen molar-refractivity contribution >= 4 is 57.2 Å². The maximum Gasteiger partial charge on any atom is 0.252 e. The highest BCUT2D eigenvalue weighted by Gasteiger charge is 2.45. The highest BCUT2D eigenvalue weighted by molar-refractivity contribution is 7.00. The van der Waals surface area contributed by atoms with Gasteiger partial charge < -0.3 is 9.80 Å². The number of aromatic nitrogens is 2. The molecule has 12 aromatic rings. The molecule has 4 aliphatic rings. The molecule has 0 spiro atoms. The van der Waals surface area contributed by atoms with Crippen LogP contribution in [0.1, 0.15) is 140 Å². The number of hydrogen-bond donors (Lipinski definition) is 0. The maximum absolute atomic E-state index is 5.96. The van der Waals surface area contributed by atoms with Crippen LogP contribution in [-0.4, -0.2) is 16.7 Å². The van der Waals surface area contributed by atoms with Crippen LogP contribution in [0.3, 0.4) is 0 Å². The van der Waals surface area contributed by atoms with Crippen molar-refractivity contribution in [3.8, 4) is 78.4 Å². The Hall–Kier alpha value is -9.84. The molecule has 0 unspecified atom stereocenters. The van der Waals surface area contributed by atoms with Crippen molar-refractivity contribution in [1.29, 1.82) is 0 Å². The Kier molecular flexibility index (Phi) is 15.7. The predicted octanol–water partition coefficient (Wildman–Crippen LogP) is 22.9. The van der Waals surface area contributed by atoms with Gasteiger partial charge in [0.15, 0.2) is 5.82 Å². The van der Waals surface area contributed by atoms with E-state index in [0.717, 1.165) is 95.3 Å². The molecule has 1 aromatic heterocycles. The first kappa shape index (κ1) is 60.1. The molecule has 95 heavy (non-hydrogen) atoms.